The largest absolute Gasteiger partial charge is 0.385 e. The van der Waals surface area contributed by atoms with E-state index in [2.05, 4.69) is 22.1 Å². The lowest BCUT2D eigenvalue weighted by Gasteiger charge is -2.30. The highest BCUT2D eigenvalue weighted by atomic mass is 16.5. The van der Waals surface area contributed by atoms with Crippen molar-refractivity contribution in [1.82, 2.24) is 15.5 Å². The molecule has 2 N–H and O–H groups in total. The highest BCUT2D eigenvalue weighted by Crippen LogP contribution is 2.16. The second-order valence-corrected chi connectivity index (χ2v) is 5.28. The van der Waals surface area contributed by atoms with Crippen molar-refractivity contribution in [2.75, 3.05) is 46.4 Å². The van der Waals surface area contributed by atoms with Gasteiger partial charge in [-0.3, -0.25) is 14.5 Å². The van der Waals surface area contributed by atoms with E-state index in [1.54, 1.807) is 13.2 Å². The van der Waals surface area contributed by atoms with Gasteiger partial charge in [0.25, 0.3) is 0 Å². The predicted octanol–water partition coefficient (Wildman–Crippen LogP) is 0.153. The van der Waals surface area contributed by atoms with Gasteiger partial charge in [0.1, 0.15) is 0 Å². The highest BCUT2D eigenvalue weighted by molar-refractivity contribution is 5.79. The van der Waals surface area contributed by atoms with Crippen LogP contribution in [-0.2, 0) is 14.3 Å². The predicted molar refractivity (Wildman–Crippen MR) is 81.9 cm³/mol. The van der Waals surface area contributed by atoms with Crippen LogP contribution in [-0.4, -0.2) is 63.2 Å². The zero-order valence-corrected chi connectivity index (χ0v) is 12.9. The van der Waals surface area contributed by atoms with Gasteiger partial charge in [0.15, 0.2) is 0 Å². The Hall–Kier alpha value is -1.40. The molecule has 1 rings (SSSR count). The number of carbonyl (C=O) groups is 2. The number of piperidine rings is 1. The topological polar surface area (TPSA) is 70.7 Å². The summed E-state index contributed by atoms with van der Waals surface area (Å²) in [6, 6.07) is 0. The third kappa shape index (κ3) is 7.24. The molecule has 1 heterocycles. The number of ether oxygens (including phenoxy) is 1. The summed E-state index contributed by atoms with van der Waals surface area (Å²) in [7, 11) is 1.66. The number of nitrogens with zero attached hydrogens (tertiary/aromatic N) is 1. The van der Waals surface area contributed by atoms with Gasteiger partial charge in [-0.05, 0) is 32.4 Å². The number of methoxy groups -OCH3 is 1. The molecule has 0 aliphatic carbocycles. The number of nitrogens with one attached hydrogen (secondary N) is 2. The first-order chi connectivity index (χ1) is 10.2. The number of carbonyl (C=O) groups excluding carboxylic acids is 2. The third-order valence-corrected chi connectivity index (χ3v) is 3.59. The second kappa shape index (κ2) is 10.3. The Kier molecular flexibility index (Phi) is 8.69. The second-order valence-electron chi connectivity index (χ2n) is 5.28. The van der Waals surface area contributed by atoms with Gasteiger partial charge in [0.2, 0.25) is 11.8 Å². The normalized spacial score (nSPS) is 16.4. The van der Waals surface area contributed by atoms with Crippen molar-refractivity contribution in [2.24, 2.45) is 5.92 Å². The zero-order chi connectivity index (χ0) is 15.5. The summed E-state index contributed by atoms with van der Waals surface area (Å²) in [5.74, 6) is 0.208. The molecule has 1 fully saturated rings. The van der Waals surface area contributed by atoms with Crippen LogP contribution in [0.25, 0.3) is 0 Å². The molecule has 0 aromatic carbocycles. The van der Waals surface area contributed by atoms with Crippen LogP contribution in [0.1, 0.15) is 19.3 Å². The van der Waals surface area contributed by atoms with Crippen LogP contribution in [0.4, 0.5) is 0 Å². The van der Waals surface area contributed by atoms with E-state index in [1.807, 2.05) is 0 Å². The number of rotatable bonds is 9. The lowest BCUT2D eigenvalue weighted by Crippen LogP contribution is -2.44. The lowest BCUT2D eigenvalue weighted by molar-refractivity contribution is -0.126. The summed E-state index contributed by atoms with van der Waals surface area (Å²) in [5.41, 5.74) is 0. The van der Waals surface area contributed by atoms with Gasteiger partial charge in [0, 0.05) is 32.7 Å². The van der Waals surface area contributed by atoms with E-state index in [9.17, 15) is 9.59 Å². The maximum atomic E-state index is 12.0. The lowest BCUT2D eigenvalue weighted by atomic mass is 9.96. The summed E-state index contributed by atoms with van der Waals surface area (Å²) < 4.78 is 4.95. The first-order valence-electron chi connectivity index (χ1n) is 7.54. The number of likely N-dealkylation sites (tertiary alicyclic amines) is 1. The Balaban J connectivity index is 2.17. The van der Waals surface area contributed by atoms with E-state index in [0.29, 0.717) is 26.2 Å². The van der Waals surface area contributed by atoms with Crippen LogP contribution in [0.5, 0.6) is 0 Å². The molecule has 0 bridgehead atoms. The maximum Gasteiger partial charge on any atom is 0.234 e. The smallest absolute Gasteiger partial charge is 0.234 e. The number of hydrogen-bond acceptors (Lipinski definition) is 4. The zero-order valence-electron chi connectivity index (χ0n) is 12.9. The fraction of sp³-hybridized carbons (Fsp3) is 0.733. The van der Waals surface area contributed by atoms with Crippen LogP contribution >= 0.6 is 0 Å². The summed E-state index contributed by atoms with van der Waals surface area (Å²) in [6.07, 6.45) is 4.12. The summed E-state index contributed by atoms with van der Waals surface area (Å²) >= 11 is 0. The Morgan fingerprint density at radius 2 is 2.05 bits per heavy atom. The minimum absolute atomic E-state index is 0.0115. The van der Waals surface area contributed by atoms with E-state index in [0.717, 1.165) is 32.4 Å². The van der Waals surface area contributed by atoms with Gasteiger partial charge < -0.3 is 15.4 Å². The van der Waals surface area contributed by atoms with Gasteiger partial charge in [-0.25, -0.2) is 0 Å². The van der Waals surface area contributed by atoms with Crippen molar-refractivity contribution >= 4 is 11.8 Å². The van der Waals surface area contributed by atoms with Gasteiger partial charge in [0.05, 0.1) is 6.54 Å². The molecule has 0 spiro atoms. The fourth-order valence-corrected chi connectivity index (χ4v) is 2.37. The van der Waals surface area contributed by atoms with Crippen LogP contribution in [0.3, 0.4) is 0 Å². The van der Waals surface area contributed by atoms with E-state index in [1.165, 1.54) is 0 Å². The Morgan fingerprint density at radius 3 is 2.67 bits per heavy atom. The van der Waals surface area contributed by atoms with Crippen molar-refractivity contribution in [2.45, 2.75) is 19.3 Å². The molecule has 0 unspecified atom stereocenters. The summed E-state index contributed by atoms with van der Waals surface area (Å²) in [6.45, 7) is 7.37. The van der Waals surface area contributed by atoms with Crippen molar-refractivity contribution in [3.05, 3.63) is 12.7 Å². The minimum atomic E-state index is 0.0115. The van der Waals surface area contributed by atoms with Crippen LogP contribution in [0, 0.1) is 5.92 Å². The quantitative estimate of drug-likeness (QED) is 0.469. The minimum Gasteiger partial charge on any atom is -0.385 e. The first-order valence-corrected chi connectivity index (χ1v) is 7.54. The molecule has 120 valence electrons. The SMILES string of the molecule is C=CCNC(=O)CN1CCC(C(=O)NCCCOC)CC1. The Morgan fingerprint density at radius 1 is 1.33 bits per heavy atom. The van der Waals surface area contributed by atoms with Crippen molar-refractivity contribution in [3.8, 4) is 0 Å². The average molecular weight is 297 g/mol. The maximum absolute atomic E-state index is 12.0. The third-order valence-electron chi connectivity index (χ3n) is 3.59. The molecule has 6 nitrogen and oxygen atoms in total. The average Bonchev–Trinajstić information content (AvgIpc) is 2.50. The molecule has 0 saturated carbocycles. The van der Waals surface area contributed by atoms with Crippen LogP contribution in [0.15, 0.2) is 12.7 Å². The number of hydrogen-bond donors (Lipinski definition) is 2. The standard InChI is InChI=1S/C15H27N3O3/c1-3-7-16-14(19)12-18-9-5-13(6-10-18)15(20)17-8-4-11-21-2/h3,13H,1,4-12H2,2H3,(H,16,19)(H,17,20). The van der Waals surface area contributed by atoms with Gasteiger partial charge in [-0.2, -0.15) is 0 Å². The monoisotopic (exact) mass is 297 g/mol. The Bertz CT molecular complexity index is 339. The highest BCUT2D eigenvalue weighted by Gasteiger charge is 2.25. The molecule has 0 radical (unpaired) electrons. The molecule has 0 aromatic heterocycles. The Labute approximate surface area is 126 Å². The summed E-state index contributed by atoms with van der Waals surface area (Å²) in [4.78, 5) is 25.7. The van der Waals surface area contributed by atoms with E-state index >= 15 is 0 Å². The molecule has 21 heavy (non-hydrogen) atoms. The van der Waals surface area contributed by atoms with Gasteiger partial charge in [-0.15, -0.1) is 6.58 Å². The summed E-state index contributed by atoms with van der Waals surface area (Å²) in [5, 5.41) is 5.71. The van der Waals surface area contributed by atoms with E-state index < -0.39 is 0 Å². The van der Waals surface area contributed by atoms with Crippen LogP contribution in [0.2, 0.25) is 0 Å². The van der Waals surface area contributed by atoms with Crippen molar-refractivity contribution in [1.29, 1.82) is 0 Å². The van der Waals surface area contributed by atoms with E-state index in [-0.39, 0.29) is 17.7 Å². The molecule has 2 amide bonds. The molecule has 1 aliphatic rings. The first kappa shape index (κ1) is 17.7. The molecule has 6 heteroatoms. The molecule has 1 aliphatic heterocycles. The fourth-order valence-electron chi connectivity index (χ4n) is 2.37. The molecule has 0 aromatic rings. The van der Waals surface area contributed by atoms with Crippen LogP contribution < -0.4 is 10.6 Å². The van der Waals surface area contributed by atoms with Gasteiger partial charge >= 0.3 is 0 Å². The molecular formula is C15H27N3O3. The van der Waals surface area contributed by atoms with Crippen molar-refractivity contribution in [3.63, 3.8) is 0 Å². The van der Waals surface area contributed by atoms with Gasteiger partial charge in [-0.1, -0.05) is 6.08 Å². The van der Waals surface area contributed by atoms with E-state index in [4.69, 9.17) is 4.74 Å². The molecule has 0 atom stereocenters. The molecule has 1 saturated heterocycles. The molecular weight excluding hydrogens is 270 g/mol. The van der Waals surface area contributed by atoms with Crippen molar-refractivity contribution < 1.29 is 14.3 Å². The number of amides is 2.